The predicted octanol–water partition coefficient (Wildman–Crippen LogP) is 2.66. The first-order chi connectivity index (χ1) is 10.5. The van der Waals surface area contributed by atoms with Crippen LogP contribution in [0, 0.1) is 0 Å². The van der Waals surface area contributed by atoms with Gasteiger partial charge in [0.2, 0.25) is 0 Å². The highest BCUT2D eigenvalue weighted by Crippen LogP contribution is 2.22. The van der Waals surface area contributed by atoms with Gasteiger partial charge < -0.3 is 9.72 Å². The average Bonchev–Trinajstić information content (AvgIpc) is 2.86. The molecular formula is C14H13N3O3S2. The summed E-state index contributed by atoms with van der Waals surface area (Å²) in [5.41, 5.74) is 1.73. The molecule has 2 aromatic carbocycles. The molecule has 3 rings (SSSR count). The van der Waals surface area contributed by atoms with E-state index in [9.17, 15) is 8.42 Å². The molecule has 1 aromatic heterocycles. The van der Waals surface area contributed by atoms with E-state index >= 15 is 0 Å². The molecule has 8 heteroatoms. The average molecular weight is 335 g/mol. The summed E-state index contributed by atoms with van der Waals surface area (Å²) in [6, 6.07) is 11.3. The molecule has 22 heavy (non-hydrogen) atoms. The lowest BCUT2D eigenvalue weighted by Crippen LogP contribution is -2.12. The zero-order chi connectivity index (χ0) is 15.7. The lowest BCUT2D eigenvalue weighted by Gasteiger charge is -2.08. The Morgan fingerprint density at radius 2 is 1.91 bits per heavy atom. The van der Waals surface area contributed by atoms with Gasteiger partial charge in [0, 0.05) is 5.69 Å². The summed E-state index contributed by atoms with van der Waals surface area (Å²) in [6.45, 7) is 0. The lowest BCUT2D eigenvalue weighted by molar-refractivity contribution is 0.415. The van der Waals surface area contributed by atoms with Crippen LogP contribution in [0.15, 0.2) is 52.5 Å². The number of methoxy groups -OCH3 is 1. The standard InChI is InChI=1S/C14H13N3O3S2/c1-20-10-4-2-9(3-5-10)17-22(18,19)11-6-7-12-13(8-11)16-14(21)15-12/h2-8,17H,1H3,(H2,15,16,21). The molecule has 1 heterocycles. The van der Waals surface area contributed by atoms with Crippen molar-refractivity contribution in [1.82, 2.24) is 9.97 Å². The summed E-state index contributed by atoms with van der Waals surface area (Å²) in [7, 11) is -2.13. The number of fused-ring (bicyclic) bond motifs is 1. The number of anilines is 1. The molecule has 0 aliphatic heterocycles. The Morgan fingerprint density at radius 3 is 2.59 bits per heavy atom. The molecule has 0 atom stereocenters. The summed E-state index contributed by atoms with van der Waals surface area (Å²) < 4.78 is 32.4. The van der Waals surface area contributed by atoms with E-state index in [4.69, 9.17) is 4.74 Å². The van der Waals surface area contributed by atoms with E-state index in [1.807, 2.05) is 0 Å². The summed E-state index contributed by atoms with van der Waals surface area (Å²) in [5.74, 6) is 0.656. The predicted molar refractivity (Wildman–Crippen MR) is 87.1 cm³/mol. The minimum absolute atomic E-state index is 0.146. The maximum Gasteiger partial charge on any atom is 0.261 e. The number of sulfonamides is 1. The van der Waals surface area contributed by atoms with E-state index in [2.05, 4.69) is 27.3 Å². The van der Waals surface area contributed by atoms with Gasteiger partial charge in [-0.2, -0.15) is 0 Å². The van der Waals surface area contributed by atoms with Gasteiger partial charge in [-0.25, -0.2) is 13.4 Å². The van der Waals surface area contributed by atoms with Crippen molar-refractivity contribution in [2.24, 2.45) is 0 Å². The Labute approximate surface area is 133 Å². The lowest BCUT2D eigenvalue weighted by atomic mass is 10.3. The topological polar surface area (TPSA) is 84.1 Å². The third-order valence-electron chi connectivity index (χ3n) is 3.09. The Hall–Kier alpha value is -2.19. The van der Waals surface area contributed by atoms with Crippen LogP contribution in [0.2, 0.25) is 0 Å². The van der Waals surface area contributed by atoms with Gasteiger partial charge in [0.25, 0.3) is 10.0 Å². The van der Waals surface area contributed by atoms with Crippen molar-refractivity contribution < 1.29 is 13.2 Å². The van der Waals surface area contributed by atoms with Gasteiger partial charge in [-0.15, -0.1) is 12.6 Å². The Balaban J connectivity index is 1.92. The van der Waals surface area contributed by atoms with Crippen LogP contribution in [0.5, 0.6) is 5.75 Å². The fraction of sp³-hybridized carbons (Fsp3) is 0.0714. The molecule has 0 saturated heterocycles. The number of imidazole rings is 1. The van der Waals surface area contributed by atoms with Crippen LogP contribution in [0.1, 0.15) is 0 Å². The molecule has 0 fully saturated rings. The van der Waals surface area contributed by atoms with Crippen molar-refractivity contribution in [2.45, 2.75) is 10.1 Å². The monoisotopic (exact) mass is 335 g/mol. The van der Waals surface area contributed by atoms with E-state index in [1.165, 1.54) is 12.1 Å². The highest BCUT2D eigenvalue weighted by molar-refractivity contribution is 7.92. The number of thiol groups is 1. The number of nitrogens with zero attached hydrogens (tertiary/aromatic N) is 1. The number of hydrogen-bond acceptors (Lipinski definition) is 5. The van der Waals surface area contributed by atoms with Crippen molar-refractivity contribution in [3.63, 3.8) is 0 Å². The summed E-state index contributed by atoms with van der Waals surface area (Å²) >= 11 is 4.10. The molecule has 114 valence electrons. The molecule has 2 N–H and O–H groups in total. The Kier molecular flexibility index (Phi) is 3.71. The van der Waals surface area contributed by atoms with E-state index < -0.39 is 10.0 Å². The highest BCUT2D eigenvalue weighted by Gasteiger charge is 2.15. The van der Waals surface area contributed by atoms with Crippen LogP contribution in [0.25, 0.3) is 11.0 Å². The Morgan fingerprint density at radius 1 is 1.18 bits per heavy atom. The summed E-state index contributed by atoms with van der Waals surface area (Å²) in [6.07, 6.45) is 0. The third kappa shape index (κ3) is 2.88. The number of benzene rings is 2. The van der Waals surface area contributed by atoms with Gasteiger partial charge in [0.05, 0.1) is 23.0 Å². The van der Waals surface area contributed by atoms with Crippen LogP contribution in [-0.4, -0.2) is 25.5 Å². The van der Waals surface area contributed by atoms with Crippen LogP contribution in [0.4, 0.5) is 5.69 Å². The molecule has 0 unspecified atom stereocenters. The quantitative estimate of drug-likeness (QED) is 0.640. The van der Waals surface area contributed by atoms with E-state index in [1.54, 1.807) is 37.4 Å². The molecule has 6 nitrogen and oxygen atoms in total. The smallest absolute Gasteiger partial charge is 0.261 e. The van der Waals surface area contributed by atoms with Gasteiger partial charge in [0.1, 0.15) is 5.75 Å². The van der Waals surface area contributed by atoms with Gasteiger partial charge >= 0.3 is 0 Å². The summed E-state index contributed by atoms with van der Waals surface area (Å²) in [4.78, 5) is 7.16. The molecule has 0 aliphatic rings. The van der Waals surface area contributed by atoms with Crippen molar-refractivity contribution in [2.75, 3.05) is 11.8 Å². The second kappa shape index (κ2) is 5.54. The molecule has 0 spiro atoms. The zero-order valence-corrected chi connectivity index (χ0v) is 13.3. The van der Waals surface area contributed by atoms with E-state index in [0.29, 0.717) is 27.6 Å². The van der Waals surface area contributed by atoms with Crippen LogP contribution < -0.4 is 9.46 Å². The number of nitrogens with one attached hydrogen (secondary N) is 2. The molecule has 0 radical (unpaired) electrons. The molecule has 0 aliphatic carbocycles. The van der Waals surface area contributed by atoms with E-state index in [-0.39, 0.29) is 4.90 Å². The van der Waals surface area contributed by atoms with Crippen molar-refractivity contribution in [1.29, 1.82) is 0 Å². The first-order valence-corrected chi connectivity index (χ1v) is 8.26. The first-order valence-electron chi connectivity index (χ1n) is 6.33. The van der Waals surface area contributed by atoms with Crippen molar-refractivity contribution in [3.05, 3.63) is 42.5 Å². The largest absolute Gasteiger partial charge is 0.497 e. The molecule has 0 amide bonds. The molecular weight excluding hydrogens is 322 g/mol. The number of ether oxygens (including phenoxy) is 1. The number of aromatic amines is 1. The van der Waals surface area contributed by atoms with Crippen LogP contribution in [-0.2, 0) is 10.0 Å². The minimum Gasteiger partial charge on any atom is -0.497 e. The van der Waals surface area contributed by atoms with Crippen molar-refractivity contribution in [3.8, 4) is 5.75 Å². The van der Waals surface area contributed by atoms with Gasteiger partial charge in [-0.05, 0) is 42.5 Å². The molecule has 0 bridgehead atoms. The summed E-state index contributed by atoms with van der Waals surface area (Å²) in [5, 5.41) is 0.438. The number of rotatable bonds is 4. The SMILES string of the molecule is COc1ccc(NS(=O)(=O)c2ccc3nc(S)[nH]c3c2)cc1. The zero-order valence-electron chi connectivity index (χ0n) is 11.6. The third-order valence-corrected chi connectivity index (χ3v) is 4.68. The minimum atomic E-state index is -3.68. The number of aromatic nitrogens is 2. The van der Waals surface area contributed by atoms with Gasteiger partial charge in [-0.1, -0.05) is 0 Å². The highest BCUT2D eigenvalue weighted by atomic mass is 32.2. The molecule has 3 aromatic rings. The number of H-pyrrole nitrogens is 1. The van der Waals surface area contributed by atoms with Gasteiger partial charge in [0.15, 0.2) is 5.16 Å². The van der Waals surface area contributed by atoms with Crippen LogP contribution >= 0.6 is 12.6 Å². The van der Waals surface area contributed by atoms with Crippen molar-refractivity contribution >= 4 is 39.4 Å². The second-order valence-electron chi connectivity index (χ2n) is 4.57. The maximum atomic E-state index is 12.4. The number of hydrogen-bond donors (Lipinski definition) is 3. The van der Waals surface area contributed by atoms with Gasteiger partial charge in [-0.3, -0.25) is 4.72 Å². The van der Waals surface area contributed by atoms with E-state index in [0.717, 1.165) is 0 Å². The second-order valence-corrected chi connectivity index (χ2v) is 6.68. The molecule has 0 saturated carbocycles. The first kappa shape index (κ1) is 14.7. The Bertz CT molecular complexity index is 918. The normalized spacial score (nSPS) is 11.5. The maximum absolute atomic E-state index is 12.4. The van der Waals surface area contributed by atoms with Crippen LogP contribution in [0.3, 0.4) is 0 Å². The fourth-order valence-corrected chi connectivity index (χ4v) is 3.33. The fourth-order valence-electron chi connectivity index (χ4n) is 2.02.